The lowest BCUT2D eigenvalue weighted by Crippen LogP contribution is -1.91. The van der Waals surface area contributed by atoms with Gasteiger partial charge in [0.25, 0.3) is 0 Å². The van der Waals surface area contributed by atoms with Gasteiger partial charge in [-0.3, -0.25) is 0 Å². The third-order valence-electron chi connectivity index (χ3n) is 2.09. The summed E-state index contributed by atoms with van der Waals surface area (Å²) in [5.74, 6) is -1.66. The van der Waals surface area contributed by atoms with Crippen molar-refractivity contribution in [3.8, 4) is 11.3 Å². The lowest BCUT2D eigenvalue weighted by atomic mass is 10.1. The molecule has 1 aromatic carbocycles. The van der Waals surface area contributed by atoms with E-state index in [1.165, 1.54) is 6.07 Å². The van der Waals surface area contributed by atoms with Crippen LogP contribution < -0.4 is 0 Å². The Labute approximate surface area is 80.6 Å². The summed E-state index contributed by atoms with van der Waals surface area (Å²) in [5.41, 5.74) is 1.46. The van der Waals surface area contributed by atoms with E-state index < -0.39 is 11.6 Å². The number of aryl methyl sites for hydroxylation is 1. The molecule has 2 aromatic rings. The maximum Gasteiger partial charge on any atom is 0.159 e. The molecule has 0 atom stereocenters. The standard InChI is InChI=1S/C11H8F2N/c1-14-6-2-3-11(14)8-4-5-9(12)10(13)7-8/h2-5,7H,1H3. The van der Waals surface area contributed by atoms with Crippen molar-refractivity contribution in [1.82, 2.24) is 4.57 Å². The summed E-state index contributed by atoms with van der Waals surface area (Å²) in [6.45, 7) is 0. The number of rotatable bonds is 1. The molecule has 14 heavy (non-hydrogen) atoms. The van der Waals surface area contributed by atoms with Crippen LogP contribution in [0.3, 0.4) is 0 Å². The van der Waals surface area contributed by atoms with Gasteiger partial charge in [0.15, 0.2) is 11.6 Å². The van der Waals surface area contributed by atoms with Crippen LogP contribution in [0.1, 0.15) is 0 Å². The average molecular weight is 192 g/mol. The lowest BCUT2D eigenvalue weighted by molar-refractivity contribution is 0.509. The maximum absolute atomic E-state index is 12.9. The molecule has 71 valence electrons. The normalized spacial score (nSPS) is 10.5. The third-order valence-corrected chi connectivity index (χ3v) is 2.09. The molecule has 0 aliphatic heterocycles. The number of aromatic nitrogens is 1. The number of benzene rings is 1. The molecule has 1 nitrogen and oxygen atoms in total. The Bertz CT molecular complexity index is 460. The van der Waals surface area contributed by atoms with E-state index >= 15 is 0 Å². The molecule has 0 aliphatic carbocycles. The van der Waals surface area contributed by atoms with Gasteiger partial charge >= 0.3 is 0 Å². The molecule has 1 heterocycles. The van der Waals surface area contributed by atoms with Crippen LogP contribution in [0.5, 0.6) is 0 Å². The highest BCUT2D eigenvalue weighted by Gasteiger charge is 2.06. The Morgan fingerprint density at radius 2 is 1.93 bits per heavy atom. The van der Waals surface area contributed by atoms with Crippen molar-refractivity contribution < 1.29 is 8.78 Å². The van der Waals surface area contributed by atoms with Gasteiger partial charge in [-0.15, -0.1) is 0 Å². The monoisotopic (exact) mass is 192 g/mol. The highest BCUT2D eigenvalue weighted by Crippen LogP contribution is 2.20. The summed E-state index contributed by atoms with van der Waals surface area (Å²) in [4.78, 5) is 0. The molecule has 1 radical (unpaired) electrons. The van der Waals surface area contributed by atoms with Crippen molar-refractivity contribution in [2.75, 3.05) is 0 Å². The van der Waals surface area contributed by atoms with E-state index in [2.05, 4.69) is 6.20 Å². The first-order chi connectivity index (χ1) is 6.68. The highest BCUT2D eigenvalue weighted by atomic mass is 19.2. The number of halogens is 2. The predicted molar refractivity (Wildman–Crippen MR) is 49.6 cm³/mol. The SMILES string of the molecule is Cn1[c]ccc1-c1ccc(F)c(F)c1. The van der Waals surface area contributed by atoms with Crippen LogP contribution in [0, 0.1) is 17.8 Å². The zero-order valence-electron chi connectivity index (χ0n) is 7.59. The van der Waals surface area contributed by atoms with E-state index in [1.807, 2.05) is 0 Å². The summed E-state index contributed by atoms with van der Waals surface area (Å²) < 4.78 is 27.3. The quantitative estimate of drug-likeness (QED) is 0.654. The van der Waals surface area contributed by atoms with E-state index in [1.54, 1.807) is 29.8 Å². The van der Waals surface area contributed by atoms with E-state index in [0.29, 0.717) is 5.56 Å². The van der Waals surface area contributed by atoms with Crippen molar-refractivity contribution in [2.45, 2.75) is 0 Å². The molecular formula is C11H8F2N. The maximum atomic E-state index is 12.9. The molecule has 0 amide bonds. The molecule has 0 spiro atoms. The van der Waals surface area contributed by atoms with Gasteiger partial charge in [-0.05, 0) is 30.3 Å². The second-order valence-corrected chi connectivity index (χ2v) is 3.04. The van der Waals surface area contributed by atoms with Gasteiger partial charge in [0.1, 0.15) is 0 Å². The van der Waals surface area contributed by atoms with Crippen molar-refractivity contribution in [2.24, 2.45) is 7.05 Å². The molecule has 0 unspecified atom stereocenters. The molecule has 0 saturated heterocycles. The summed E-state index contributed by atoms with van der Waals surface area (Å²) in [6.07, 6.45) is 2.90. The first kappa shape index (κ1) is 8.94. The van der Waals surface area contributed by atoms with E-state index in [-0.39, 0.29) is 0 Å². The zero-order valence-corrected chi connectivity index (χ0v) is 7.59. The molecular weight excluding hydrogens is 184 g/mol. The third kappa shape index (κ3) is 1.41. The summed E-state index contributed by atoms with van der Waals surface area (Å²) in [5, 5.41) is 0. The summed E-state index contributed by atoms with van der Waals surface area (Å²) in [6, 6.07) is 7.38. The molecule has 0 saturated carbocycles. The fourth-order valence-corrected chi connectivity index (χ4v) is 1.35. The molecule has 3 heteroatoms. The Balaban J connectivity index is 2.53. The molecule has 0 fully saturated rings. The Hall–Kier alpha value is -1.64. The van der Waals surface area contributed by atoms with Gasteiger partial charge in [0, 0.05) is 18.3 Å². The van der Waals surface area contributed by atoms with Crippen molar-refractivity contribution in [3.05, 3.63) is 48.2 Å². The van der Waals surface area contributed by atoms with E-state index in [4.69, 9.17) is 0 Å². The van der Waals surface area contributed by atoms with Crippen LogP contribution >= 0.6 is 0 Å². The molecule has 0 N–H and O–H groups in total. The minimum absolute atomic E-state index is 0.646. The number of hydrogen-bond donors (Lipinski definition) is 0. The van der Waals surface area contributed by atoms with Crippen LogP contribution in [-0.4, -0.2) is 4.57 Å². The summed E-state index contributed by atoms with van der Waals surface area (Å²) in [7, 11) is 1.80. The first-order valence-electron chi connectivity index (χ1n) is 4.17. The topological polar surface area (TPSA) is 4.93 Å². The second-order valence-electron chi connectivity index (χ2n) is 3.04. The summed E-state index contributed by atoms with van der Waals surface area (Å²) >= 11 is 0. The van der Waals surface area contributed by atoms with Gasteiger partial charge in [0.05, 0.1) is 6.20 Å². The largest absolute Gasteiger partial charge is 0.342 e. The lowest BCUT2D eigenvalue weighted by Gasteiger charge is -2.03. The fourth-order valence-electron chi connectivity index (χ4n) is 1.35. The Kier molecular flexibility index (Phi) is 2.08. The van der Waals surface area contributed by atoms with Crippen LogP contribution in [0.15, 0.2) is 30.3 Å². The van der Waals surface area contributed by atoms with Crippen LogP contribution in [0.4, 0.5) is 8.78 Å². The van der Waals surface area contributed by atoms with Crippen molar-refractivity contribution in [3.63, 3.8) is 0 Å². The Morgan fingerprint density at radius 3 is 2.50 bits per heavy atom. The second kappa shape index (κ2) is 3.25. The first-order valence-corrected chi connectivity index (χ1v) is 4.17. The van der Waals surface area contributed by atoms with Crippen molar-refractivity contribution in [1.29, 1.82) is 0 Å². The Morgan fingerprint density at radius 1 is 1.14 bits per heavy atom. The number of nitrogens with zero attached hydrogens (tertiary/aromatic N) is 1. The molecule has 1 aromatic heterocycles. The highest BCUT2D eigenvalue weighted by molar-refractivity contribution is 5.59. The smallest absolute Gasteiger partial charge is 0.159 e. The van der Waals surface area contributed by atoms with Gasteiger partial charge in [-0.25, -0.2) is 8.78 Å². The molecule has 0 aliphatic rings. The van der Waals surface area contributed by atoms with Crippen LogP contribution in [-0.2, 0) is 7.05 Å². The minimum Gasteiger partial charge on any atom is -0.342 e. The number of hydrogen-bond acceptors (Lipinski definition) is 0. The van der Waals surface area contributed by atoms with E-state index in [9.17, 15) is 8.78 Å². The van der Waals surface area contributed by atoms with Gasteiger partial charge in [-0.2, -0.15) is 0 Å². The minimum atomic E-state index is -0.830. The van der Waals surface area contributed by atoms with Crippen LogP contribution in [0.2, 0.25) is 0 Å². The zero-order chi connectivity index (χ0) is 10.1. The average Bonchev–Trinajstić information content (AvgIpc) is 2.57. The fraction of sp³-hybridized carbons (Fsp3) is 0.0909. The van der Waals surface area contributed by atoms with Gasteiger partial charge < -0.3 is 4.57 Å². The van der Waals surface area contributed by atoms with E-state index in [0.717, 1.165) is 11.8 Å². The van der Waals surface area contributed by atoms with Crippen LogP contribution in [0.25, 0.3) is 11.3 Å². The van der Waals surface area contributed by atoms with Gasteiger partial charge in [-0.1, -0.05) is 0 Å². The molecule has 2 rings (SSSR count). The predicted octanol–water partition coefficient (Wildman–Crippen LogP) is 2.77. The molecule has 0 bridgehead atoms. The van der Waals surface area contributed by atoms with Gasteiger partial charge in [0.2, 0.25) is 0 Å². The van der Waals surface area contributed by atoms with Crippen molar-refractivity contribution >= 4 is 0 Å².